The first-order chi connectivity index (χ1) is 22.0. The predicted octanol–water partition coefficient (Wildman–Crippen LogP) is 5.29. The summed E-state index contributed by atoms with van der Waals surface area (Å²) in [4.78, 5) is 56.1. The Balaban J connectivity index is 1.29. The van der Waals surface area contributed by atoms with Crippen LogP contribution in [0.1, 0.15) is 21.9 Å². The van der Waals surface area contributed by atoms with Gasteiger partial charge in [-0.3, -0.25) is 19.2 Å². The highest BCUT2D eigenvalue weighted by molar-refractivity contribution is 8.00. The molecule has 15 heteroatoms. The Kier molecular flexibility index (Phi) is 8.29. The molecule has 46 heavy (non-hydrogen) atoms. The topological polar surface area (TPSA) is 127 Å². The van der Waals surface area contributed by atoms with E-state index < -0.39 is 46.5 Å². The van der Waals surface area contributed by atoms with Gasteiger partial charge in [-0.15, -0.1) is 0 Å². The Hall–Kier alpha value is -4.76. The molecule has 3 amide bonds. The number of aromatic amines is 1. The van der Waals surface area contributed by atoms with Gasteiger partial charge in [-0.1, -0.05) is 35.2 Å². The molecule has 0 radical (unpaired) electrons. The molecule has 2 aliphatic heterocycles. The summed E-state index contributed by atoms with van der Waals surface area (Å²) in [5, 5.41) is 2.11. The zero-order valence-electron chi connectivity index (χ0n) is 24.0. The zero-order valence-corrected chi connectivity index (χ0v) is 25.7. The number of rotatable bonds is 8. The second-order valence-electron chi connectivity index (χ2n) is 10.3. The van der Waals surface area contributed by atoms with Gasteiger partial charge in [0.25, 0.3) is 5.91 Å². The van der Waals surface area contributed by atoms with E-state index in [0.717, 1.165) is 46.2 Å². The molecule has 1 aromatic heterocycles. The Morgan fingerprint density at radius 3 is 2.41 bits per heavy atom. The lowest BCUT2D eigenvalue weighted by molar-refractivity contribution is -0.137. The normalized spacial score (nSPS) is 19.0. The van der Waals surface area contributed by atoms with Gasteiger partial charge in [0.1, 0.15) is 11.0 Å². The fraction of sp³-hybridized carbons (Fsp3) is 0.226. The number of hydrogen-bond acceptors (Lipinski definition) is 9. The van der Waals surface area contributed by atoms with E-state index in [-0.39, 0.29) is 28.7 Å². The van der Waals surface area contributed by atoms with Gasteiger partial charge in [-0.2, -0.15) is 13.2 Å². The second kappa shape index (κ2) is 12.2. The second-order valence-corrected chi connectivity index (χ2v) is 12.5. The Labute approximate surface area is 267 Å². The van der Waals surface area contributed by atoms with E-state index in [1.54, 1.807) is 42.5 Å². The van der Waals surface area contributed by atoms with Crippen LogP contribution in [0.25, 0.3) is 0 Å². The van der Waals surface area contributed by atoms with Crippen molar-refractivity contribution >= 4 is 52.2 Å². The van der Waals surface area contributed by atoms with Gasteiger partial charge in [0.15, 0.2) is 18.1 Å². The van der Waals surface area contributed by atoms with Gasteiger partial charge >= 0.3 is 11.0 Å². The molecule has 0 spiro atoms. The molecule has 4 aromatic rings. The number of fused-ring (bicyclic) bond motifs is 2. The Morgan fingerprint density at radius 1 is 0.957 bits per heavy atom. The lowest BCUT2D eigenvalue weighted by Gasteiger charge is -2.30. The van der Waals surface area contributed by atoms with Crippen molar-refractivity contribution < 1.29 is 41.8 Å². The van der Waals surface area contributed by atoms with E-state index in [1.807, 2.05) is 0 Å². The zero-order chi connectivity index (χ0) is 32.7. The van der Waals surface area contributed by atoms with Crippen LogP contribution < -0.4 is 29.3 Å². The molecule has 0 aliphatic carbocycles. The van der Waals surface area contributed by atoms with Crippen LogP contribution in [0.2, 0.25) is 0 Å². The van der Waals surface area contributed by atoms with E-state index >= 15 is 0 Å². The molecule has 2 aliphatic rings. The van der Waals surface area contributed by atoms with E-state index in [2.05, 4.69) is 10.3 Å². The lowest BCUT2D eigenvalue weighted by Crippen LogP contribution is -2.32. The molecule has 2 N–H and O–H groups in total. The largest absolute Gasteiger partial charge is 0.497 e. The fourth-order valence-corrected chi connectivity index (χ4v) is 7.98. The number of halogens is 3. The average molecular weight is 672 g/mol. The van der Waals surface area contributed by atoms with Crippen LogP contribution in [0, 0.1) is 5.92 Å². The average Bonchev–Trinajstić information content (AvgIpc) is 3.53. The summed E-state index contributed by atoms with van der Waals surface area (Å²) in [5.41, 5.74) is -0.140. The van der Waals surface area contributed by atoms with Crippen molar-refractivity contribution in [1.29, 1.82) is 0 Å². The number of imide groups is 1. The summed E-state index contributed by atoms with van der Waals surface area (Å²) in [6.45, 7) is -0.352. The van der Waals surface area contributed by atoms with Crippen molar-refractivity contribution in [1.82, 2.24) is 4.98 Å². The van der Waals surface area contributed by atoms with Gasteiger partial charge in [-0.25, -0.2) is 4.90 Å². The first-order valence-corrected chi connectivity index (χ1v) is 15.4. The third-order valence-corrected chi connectivity index (χ3v) is 9.94. The number of thiazole rings is 1. The fourth-order valence-electron chi connectivity index (χ4n) is 5.46. The van der Waals surface area contributed by atoms with Crippen LogP contribution in [-0.2, 0) is 20.6 Å². The summed E-state index contributed by atoms with van der Waals surface area (Å²) in [6.07, 6.45) is -4.67. The van der Waals surface area contributed by atoms with Crippen molar-refractivity contribution in [2.45, 2.75) is 22.4 Å². The lowest BCUT2D eigenvalue weighted by atomic mass is 9.83. The van der Waals surface area contributed by atoms with Crippen LogP contribution in [0.15, 0.2) is 76.6 Å². The first kappa shape index (κ1) is 31.2. The number of ether oxygens (including phenoxy) is 3. The smallest absolute Gasteiger partial charge is 0.416 e. The van der Waals surface area contributed by atoms with E-state index in [4.69, 9.17) is 14.2 Å². The number of thioether (sulfide) groups is 1. The number of nitrogens with one attached hydrogen (secondary N) is 2. The molecule has 3 atom stereocenters. The number of methoxy groups -OCH3 is 2. The minimum atomic E-state index is -4.67. The SMILES string of the molecule is COc1ccc(NC(=O)COc2ccc([C@@H]3c4sc(=O)[nH]c4S[C@H]4C(=O)N(c5cccc(C(F)(F)F)c5)C(=O)[C@@H]34)cc2OC)cc1. The number of H-pyrrole nitrogens is 1. The molecule has 238 valence electrons. The van der Waals surface area contributed by atoms with Gasteiger partial charge < -0.3 is 24.5 Å². The predicted molar refractivity (Wildman–Crippen MR) is 164 cm³/mol. The molecule has 0 unspecified atom stereocenters. The number of nitrogens with zero attached hydrogens (tertiary/aromatic N) is 1. The number of benzene rings is 3. The van der Waals surface area contributed by atoms with Gasteiger partial charge in [0.05, 0.1) is 36.4 Å². The van der Waals surface area contributed by atoms with Crippen LogP contribution in [0.5, 0.6) is 17.2 Å². The first-order valence-electron chi connectivity index (χ1n) is 13.7. The summed E-state index contributed by atoms with van der Waals surface area (Å²) < 4.78 is 56.7. The number of carbonyl (C=O) groups excluding carboxylic acids is 3. The number of hydrogen-bond donors (Lipinski definition) is 2. The molecule has 0 bridgehead atoms. The quantitative estimate of drug-likeness (QED) is 0.242. The standard InChI is InChI=1S/C31H24F3N3O7S2/c1-42-19-9-7-17(8-10-19)35-22(38)14-44-20-11-6-15(12-21(20)43-2)23-24-26(45-27-25(23)46-30(41)36-27)29(40)37(28(24)39)18-5-3-4-16(13-18)31(32,33)34/h3-13,23-24,26H,14H2,1-2H3,(H,35,38)(H,36,41)/t23-,24-,26+/m0/s1. The van der Waals surface area contributed by atoms with Gasteiger partial charge in [0, 0.05) is 16.5 Å². The Bertz CT molecular complexity index is 1890. The van der Waals surface area contributed by atoms with E-state index in [1.165, 1.54) is 20.3 Å². The van der Waals surface area contributed by atoms with Crippen molar-refractivity contribution in [3.63, 3.8) is 0 Å². The highest BCUT2D eigenvalue weighted by atomic mass is 32.2. The molecule has 10 nitrogen and oxygen atoms in total. The van der Waals surface area contributed by atoms with Gasteiger partial charge in [-0.05, 0) is 60.2 Å². The number of anilines is 2. The summed E-state index contributed by atoms with van der Waals surface area (Å²) in [5.74, 6) is -2.57. The molecule has 6 rings (SSSR count). The van der Waals surface area contributed by atoms with Crippen LogP contribution in [0.4, 0.5) is 24.5 Å². The maximum atomic E-state index is 13.9. The van der Waals surface area contributed by atoms with Crippen LogP contribution in [-0.4, -0.2) is 48.8 Å². The van der Waals surface area contributed by atoms with Gasteiger partial charge in [0.2, 0.25) is 11.8 Å². The number of amides is 3. The summed E-state index contributed by atoms with van der Waals surface area (Å²) >= 11 is 1.89. The third-order valence-electron chi connectivity index (χ3n) is 7.53. The Morgan fingerprint density at radius 2 is 1.72 bits per heavy atom. The monoisotopic (exact) mass is 671 g/mol. The van der Waals surface area contributed by atoms with Crippen molar-refractivity contribution in [2.24, 2.45) is 5.92 Å². The highest BCUT2D eigenvalue weighted by Crippen LogP contribution is 2.54. The third kappa shape index (κ3) is 5.83. The van der Waals surface area contributed by atoms with Crippen molar-refractivity contribution in [3.05, 3.63) is 92.4 Å². The number of aromatic nitrogens is 1. The van der Waals surface area contributed by atoms with E-state index in [9.17, 15) is 32.3 Å². The van der Waals surface area contributed by atoms with Crippen molar-refractivity contribution in [3.8, 4) is 17.2 Å². The number of carbonyl (C=O) groups is 3. The number of alkyl halides is 3. The molecule has 3 aromatic carbocycles. The highest BCUT2D eigenvalue weighted by Gasteiger charge is 2.56. The van der Waals surface area contributed by atoms with E-state index in [0.29, 0.717) is 26.9 Å². The molecule has 1 saturated heterocycles. The minimum Gasteiger partial charge on any atom is -0.497 e. The maximum absolute atomic E-state index is 13.9. The molecule has 0 saturated carbocycles. The molecular weight excluding hydrogens is 647 g/mol. The molecule has 1 fully saturated rings. The van der Waals surface area contributed by atoms with Crippen molar-refractivity contribution in [2.75, 3.05) is 31.0 Å². The maximum Gasteiger partial charge on any atom is 0.416 e. The summed E-state index contributed by atoms with van der Waals surface area (Å²) in [6, 6.07) is 15.6. The van der Waals surface area contributed by atoms with Crippen LogP contribution in [0.3, 0.4) is 0 Å². The minimum absolute atomic E-state index is 0.190. The summed E-state index contributed by atoms with van der Waals surface area (Å²) in [7, 11) is 2.92. The van der Waals surface area contributed by atoms with Crippen LogP contribution >= 0.6 is 23.1 Å². The molecular formula is C31H24F3N3O7S2. The molecule has 3 heterocycles.